The molecule has 0 atom stereocenters. The van der Waals surface area contributed by atoms with Crippen molar-refractivity contribution in [1.82, 2.24) is 14.7 Å². The number of urea groups is 1. The highest BCUT2D eigenvalue weighted by atomic mass is 16.3. The standard InChI is InChI=1S/C17H24N4O2/c1-4-20(13-17(2,3)23)16(22)18-15-10-11-21(19-15)12-14-8-6-5-7-9-14/h5-11,23H,4,12-13H2,1-3H3,(H,18,19,22). The highest BCUT2D eigenvalue weighted by molar-refractivity contribution is 5.88. The maximum absolute atomic E-state index is 12.2. The molecule has 0 radical (unpaired) electrons. The lowest BCUT2D eigenvalue weighted by Crippen LogP contribution is -2.44. The second-order valence-electron chi connectivity index (χ2n) is 6.14. The quantitative estimate of drug-likeness (QED) is 0.860. The molecule has 2 rings (SSSR count). The minimum absolute atomic E-state index is 0.264. The van der Waals surface area contributed by atoms with Gasteiger partial charge in [0.2, 0.25) is 0 Å². The summed E-state index contributed by atoms with van der Waals surface area (Å²) in [5.41, 5.74) is 0.214. The van der Waals surface area contributed by atoms with Crippen molar-refractivity contribution in [2.45, 2.75) is 32.9 Å². The molecule has 0 saturated carbocycles. The summed E-state index contributed by atoms with van der Waals surface area (Å²) in [6.07, 6.45) is 1.83. The lowest BCUT2D eigenvalue weighted by Gasteiger charge is -2.27. The first-order chi connectivity index (χ1) is 10.9. The van der Waals surface area contributed by atoms with Gasteiger partial charge >= 0.3 is 6.03 Å². The van der Waals surface area contributed by atoms with Crippen LogP contribution in [0, 0.1) is 0 Å². The van der Waals surface area contributed by atoms with Gasteiger partial charge in [0.15, 0.2) is 5.82 Å². The van der Waals surface area contributed by atoms with Crippen LogP contribution in [0.5, 0.6) is 0 Å². The van der Waals surface area contributed by atoms with Crippen LogP contribution in [0.2, 0.25) is 0 Å². The molecule has 0 aliphatic rings. The Morgan fingerprint density at radius 1 is 1.30 bits per heavy atom. The summed E-state index contributed by atoms with van der Waals surface area (Å²) in [6.45, 7) is 6.66. The zero-order valence-electron chi connectivity index (χ0n) is 13.9. The Labute approximate surface area is 136 Å². The van der Waals surface area contributed by atoms with Gasteiger partial charge in [0.1, 0.15) is 0 Å². The topological polar surface area (TPSA) is 70.4 Å². The van der Waals surface area contributed by atoms with Crippen molar-refractivity contribution in [3.63, 3.8) is 0 Å². The highest BCUT2D eigenvalue weighted by Crippen LogP contribution is 2.10. The number of carbonyl (C=O) groups is 1. The second-order valence-corrected chi connectivity index (χ2v) is 6.14. The van der Waals surface area contributed by atoms with Crippen LogP contribution in [0.4, 0.5) is 10.6 Å². The lowest BCUT2D eigenvalue weighted by atomic mass is 10.1. The summed E-state index contributed by atoms with van der Waals surface area (Å²) in [6, 6.07) is 11.5. The van der Waals surface area contributed by atoms with E-state index in [0.717, 1.165) is 5.56 Å². The fraction of sp³-hybridized carbons (Fsp3) is 0.412. The lowest BCUT2D eigenvalue weighted by molar-refractivity contribution is 0.0501. The van der Waals surface area contributed by atoms with Gasteiger partial charge in [0.25, 0.3) is 0 Å². The normalized spacial score (nSPS) is 11.3. The third kappa shape index (κ3) is 5.41. The second kappa shape index (κ2) is 7.28. The molecule has 0 spiro atoms. The van der Waals surface area contributed by atoms with E-state index in [4.69, 9.17) is 0 Å². The van der Waals surface area contributed by atoms with Gasteiger partial charge in [0, 0.05) is 18.8 Å². The molecule has 6 nitrogen and oxygen atoms in total. The van der Waals surface area contributed by atoms with E-state index in [1.165, 1.54) is 0 Å². The third-order valence-electron chi connectivity index (χ3n) is 3.31. The number of hydrogen-bond acceptors (Lipinski definition) is 3. The average Bonchev–Trinajstić information content (AvgIpc) is 2.92. The van der Waals surface area contributed by atoms with Gasteiger partial charge in [-0.2, -0.15) is 5.10 Å². The molecule has 1 aromatic carbocycles. The first-order valence-electron chi connectivity index (χ1n) is 7.73. The Kier molecular flexibility index (Phi) is 5.39. The van der Waals surface area contributed by atoms with Crippen molar-refractivity contribution in [3.05, 3.63) is 48.2 Å². The number of hydrogen-bond donors (Lipinski definition) is 2. The van der Waals surface area contributed by atoms with Gasteiger partial charge in [-0.3, -0.25) is 10.00 Å². The summed E-state index contributed by atoms with van der Waals surface area (Å²) < 4.78 is 1.78. The Morgan fingerprint density at radius 2 is 2.00 bits per heavy atom. The molecular formula is C17H24N4O2. The zero-order chi connectivity index (χ0) is 16.9. The number of benzene rings is 1. The molecule has 124 valence electrons. The van der Waals surface area contributed by atoms with Crippen molar-refractivity contribution < 1.29 is 9.90 Å². The number of rotatable bonds is 6. The summed E-state index contributed by atoms with van der Waals surface area (Å²) in [4.78, 5) is 13.8. The number of anilines is 1. The molecular weight excluding hydrogens is 292 g/mol. The van der Waals surface area contributed by atoms with Gasteiger partial charge in [-0.1, -0.05) is 30.3 Å². The molecule has 0 bridgehead atoms. The van der Waals surface area contributed by atoms with Crippen LogP contribution in [0.1, 0.15) is 26.3 Å². The number of nitrogens with zero attached hydrogens (tertiary/aromatic N) is 3. The third-order valence-corrected chi connectivity index (χ3v) is 3.31. The number of carbonyl (C=O) groups excluding carboxylic acids is 1. The molecule has 23 heavy (non-hydrogen) atoms. The van der Waals surface area contributed by atoms with Gasteiger partial charge < -0.3 is 10.0 Å². The van der Waals surface area contributed by atoms with Gasteiger partial charge in [0.05, 0.1) is 18.7 Å². The molecule has 0 aliphatic carbocycles. The molecule has 6 heteroatoms. The molecule has 1 heterocycles. The van der Waals surface area contributed by atoms with Crippen molar-refractivity contribution in [1.29, 1.82) is 0 Å². The first-order valence-corrected chi connectivity index (χ1v) is 7.73. The predicted molar refractivity (Wildman–Crippen MR) is 90.3 cm³/mol. The summed E-state index contributed by atoms with van der Waals surface area (Å²) in [5, 5.41) is 17.0. The van der Waals surface area contributed by atoms with Crippen molar-refractivity contribution in [2.75, 3.05) is 18.4 Å². The van der Waals surface area contributed by atoms with Crippen molar-refractivity contribution >= 4 is 11.8 Å². The van der Waals surface area contributed by atoms with E-state index in [1.807, 2.05) is 43.5 Å². The van der Waals surface area contributed by atoms with Crippen LogP contribution in [-0.2, 0) is 6.54 Å². The summed E-state index contributed by atoms with van der Waals surface area (Å²) in [7, 11) is 0. The van der Waals surface area contributed by atoms with E-state index in [-0.39, 0.29) is 12.6 Å². The van der Waals surface area contributed by atoms with Crippen LogP contribution < -0.4 is 5.32 Å². The predicted octanol–water partition coefficient (Wildman–Crippen LogP) is 2.56. The number of aliphatic hydroxyl groups is 1. The molecule has 2 amide bonds. The van der Waals surface area contributed by atoms with E-state index in [2.05, 4.69) is 10.4 Å². The maximum atomic E-state index is 12.2. The minimum Gasteiger partial charge on any atom is -0.389 e. The van der Waals surface area contributed by atoms with Gasteiger partial charge in [-0.25, -0.2) is 4.79 Å². The SMILES string of the molecule is CCN(CC(C)(C)O)C(=O)Nc1ccn(Cc2ccccc2)n1. The Morgan fingerprint density at radius 3 is 2.61 bits per heavy atom. The molecule has 0 aliphatic heterocycles. The minimum atomic E-state index is -0.931. The molecule has 2 N–H and O–H groups in total. The van der Waals surface area contributed by atoms with Crippen LogP contribution in [0.3, 0.4) is 0 Å². The highest BCUT2D eigenvalue weighted by Gasteiger charge is 2.21. The molecule has 2 aromatic rings. The van der Waals surface area contributed by atoms with E-state index >= 15 is 0 Å². The van der Waals surface area contributed by atoms with Crippen LogP contribution >= 0.6 is 0 Å². The number of aromatic nitrogens is 2. The molecule has 1 aromatic heterocycles. The Hall–Kier alpha value is -2.34. The van der Waals surface area contributed by atoms with Crippen LogP contribution in [0.25, 0.3) is 0 Å². The number of likely N-dealkylation sites (N-methyl/N-ethyl adjacent to an activating group) is 1. The molecule has 0 unspecified atom stereocenters. The fourth-order valence-electron chi connectivity index (χ4n) is 2.27. The van der Waals surface area contributed by atoms with Gasteiger partial charge in [-0.05, 0) is 26.3 Å². The molecule has 0 fully saturated rings. The number of amides is 2. The summed E-state index contributed by atoms with van der Waals surface area (Å²) in [5.74, 6) is 0.500. The summed E-state index contributed by atoms with van der Waals surface area (Å²) >= 11 is 0. The maximum Gasteiger partial charge on any atom is 0.323 e. The number of nitrogens with one attached hydrogen (secondary N) is 1. The average molecular weight is 316 g/mol. The molecule has 0 saturated heterocycles. The van der Waals surface area contributed by atoms with Crippen molar-refractivity contribution in [2.24, 2.45) is 0 Å². The Bertz CT molecular complexity index is 632. The van der Waals surface area contributed by atoms with E-state index < -0.39 is 5.60 Å². The van der Waals surface area contributed by atoms with Gasteiger partial charge in [-0.15, -0.1) is 0 Å². The fourth-order valence-corrected chi connectivity index (χ4v) is 2.27. The van der Waals surface area contributed by atoms with E-state index in [0.29, 0.717) is 18.9 Å². The first kappa shape index (κ1) is 17.0. The smallest absolute Gasteiger partial charge is 0.323 e. The van der Waals surface area contributed by atoms with E-state index in [9.17, 15) is 9.90 Å². The van der Waals surface area contributed by atoms with Crippen LogP contribution in [-0.4, -0.2) is 44.5 Å². The zero-order valence-corrected chi connectivity index (χ0v) is 13.9. The van der Waals surface area contributed by atoms with E-state index in [1.54, 1.807) is 29.5 Å². The Balaban J connectivity index is 1.96. The monoisotopic (exact) mass is 316 g/mol. The van der Waals surface area contributed by atoms with Crippen LogP contribution in [0.15, 0.2) is 42.6 Å². The van der Waals surface area contributed by atoms with Crippen molar-refractivity contribution in [3.8, 4) is 0 Å². The largest absolute Gasteiger partial charge is 0.389 e.